The van der Waals surface area contributed by atoms with Gasteiger partial charge in [0.05, 0.1) is 22.1 Å². The molecule has 3 nitrogen and oxygen atoms in total. The maximum atomic E-state index is 4.79. The van der Waals surface area contributed by atoms with E-state index in [0.717, 1.165) is 55.2 Å². The van der Waals surface area contributed by atoms with E-state index in [4.69, 9.17) is 9.97 Å². The van der Waals surface area contributed by atoms with Crippen LogP contribution in [0.1, 0.15) is 0 Å². The number of hydrogen-bond acceptors (Lipinski definition) is 2. The van der Waals surface area contributed by atoms with E-state index in [1.165, 1.54) is 38.6 Å². The summed E-state index contributed by atoms with van der Waals surface area (Å²) < 4.78 is 2.36. The van der Waals surface area contributed by atoms with Crippen LogP contribution in [0.5, 0.6) is 0 Å². The second-order valence-electron chi connectivity index (χ2n) is 13.1. The minimum atomic E-state index is 0.995. The number of para-hydroxylation sites is 4. The quantitative estimate of drug-likeness (QED) is 0.186. The normalized spacial score (nSPS) is 11.5. The Hall–Kier alpha value is -6.84. The minimum Gasteiger partial charge on any atom is -0.309 e. The van der Waals surface area contributed by atoms with Crippen LogP contribution in [-0.2, 0) is 0 Å². The zero-order valence-corrected chi connectivity index (χ0v) is 27.7. The van der Waals surface area contributed by atoms with Crippen LogP contribution in [0.3, 0.4) is 0 Å². The molecule has 0 bridgehead atoms. The molecule has 3 heterocycles. The predicted octanol–water partition coefficient (Wildman–Crippen LogP) is 12.5. The number of rotatable bonds is 5. The zero-order valence-electron chi connectivity index (χ0n) is 27.7. The van der Waals surface area contributed by atoms with Crippen molar-refractivity contribution in [3.05, 3.63) is 188 Å². The molecule has 0 N–H and O–H groups in total. The molecule has 0 saturated heterocycles. The molecule has 0 saturated carbocycles. The third kappa shape index (κ3) is 5.15. The number of pyridine rings is 2. The van der Waals surface area contributed by atoms with E-state index in [2.05, 4.69) is 168 Å². The van der Waals surface area contributed by atoms with E-state index in [1.807, 2.05) is 24.5 Å². The van der Waals surface area contributed by atoms with Gasteiger partial charge in [0.1, 0.15) is 0 Å². The summed E-state index contributed by atoms with van der Waals surface area (Å²) in [7, 11) is 0. The van der Waals surface area contributed by atoms with E-state index >= 15 is 0 Å². The molecule has 0 unspecified atom stereocenters. The van der Waals surface area contributed by atoms with Crippen LogP contribution in [0.25, 0.3) is 93.8 Å². The van der Waals surface area contributed by atoms with Gasteiger partial charge in [0.2, 0.25) is 0 Å². The third-order valence-electron chi connectivity index (χ3n) is 10.0. The summed E-state index contributed by atoms with van der Waals surface area (Å²) in [6, 6.07) is 63.0. The zero-order chi connectivity index (χ0) is 33.7. The Kier molecular flexibility index (Phi) is 6.81. The fourth-order valence-corrected chi connectivity index (χ4v) is 7.45. The Morgan fingerprint density at radius 3 is 1.45 bits per heavy atom. The number of benzene rings is 7. The smallest absolute Gasteiger partial charge is 0.0702 e. The van der Waals surface area contributed by atoms with Gasteiger partial charge in [-0.15, -0.1) is 0 Å². The SMILES string of the molecule is c1ccc(-n2c3ccccc3c3cc(-c4ccc(-c5cc(-c6cnc7ccccc7c6)cc(-c6cnc7ccccc7c6)c5)cc4)ccc32)cc1. The molecule has 7 aromatic carbocycles. The average molecular weight is 650 g/mol. The first-order valence-corrected chi connectivity index (χ1v) is 17.3. The topological polar surface area (TPSA) is 30.7 Å². The molecule has 0 radical (unpaired) electrons. The first-order chi connectivity index (χ1) is 25.2. The van der Waals surface area contributed by atoms with Gasteiger partial charge in [-0.25, -0.2) is 0 Å². The van der Waals surface area contributed by atoms with E-state index in [9.17, 15) is 0 Å². The van der Waals surface area contributed by atoms with Crippen molar-refractivity contribution >= 4 is 43.6 Å². The maximum Gasteiger partial charge on any atom is 0.0702 e. The molecule has 51 heavy (non-hydrogen) atoms. The fourth-order valence-electron chi connectivity index (χ4n) is 7.45. The fraction of sp³-hybridized carbons (Fsp3) is 0. The molecule has 0 fully saturated rings. The number of fused-ring (bicyclic) bond motifs is 5. The lowest BCUT2D eigenvalue weighted by Crippen LogP contribution is -1.92. The maximum absolute atomic E-state index is 4.79. The lowest BCUT2D eigenvalue weighted by molar-refractivity contribution is 1.18. The largest absolute Gasteiger partial charge is 0.309 e. The van der Waals surface area contributed by atoms with Crippen LogP contribution >= 0.6 is 0 Å². The average Bonchev–Trinajstić information content (AvgIpc) is 3.54. The molecule has 0 atom stereocenters. The monoisotopic (exact) mass is 649 g/mol. The molecule has 10 rings (SSSR count). The Bertz CT molecular complexity index is 2810. The van der Waals surface area contributed by atoms with Gasteiger partial charge in [-0.3, -0.25) is 9.97 Å². The molecule has 10 aromatic rings. The Morgan fingerprint density at radius 1 is 0.314 bits per heavy atom. The molecule has 3 heteroatoms. The molecule has 238 valence electrons. The third-order valence-corrected chi connectivity index (χ3v) is 10.0. The van der Waals surface area contributed by atoms with Crippen molar-refractivity contribution in [2.45, 2.75) is 0 Å². The first kappa shape index (κ1) is 29.1. The molecule has 0 aliphatic rings. The predicted molar refractivity (Wildman–Crippen MR) is 213 cm³/mol. The molecule has 0 aliphatic carbocycles. The number of nitrogens with zero attached hydrogens (tertiary/aromatic N) is 3. The highest BCUT2D eigenvalue weighted by Crippen LogP contribution is 2.37. The standard InChI is InChI=1S/C48H31N3/c1-2-12-42(13-3-1)51-47-17-9-6-14-43(47)44-29-34(22-23-48(44)51)32-18-20-33(21-19-32)37-26-38(40-24-35-10-4-7-15-45(35)49-30-40)28-39(27-37)41-25-36-11-5-8-16-46(36)50-31-41/h1-31H. The molecule has 3 aromatic heterocycles. The highest BCUT2D eigenvalue weighted by Gasteiger charge is 2.14. The van der Waals surface area contributed by atoms with Crippen molar-refractivity contribution in [2.24, 2.45) is 0 Å². The second kappa shape index (κ2) is 11.9. The van der Waals surface area contributed by atoms with Crippen molar-refractivity contribution in [2.75, 3.05) is 0 Å². The number of aromatic nitrogens is 3. The van der Waals surface area contributed by atoms with E-state index < -0.39 is 0 Å². The lowest BCUT2D eigenvalue weighted by Gasteiger charge is -2.13. The molecule has 0 amide bonds. The highest BCUT2D eigenvalue weighted by atomic mass is 15.0. The van der Waals surface area contributed by atoms with Crippen molar-refractivity contribution in [3.63, 3.8) is 0 Å². The van der Waals surface area contributed by atoms with Gasteiger partial charge in [0.15, 0.2) is 0 Å². The molecule has 0 aliphatic heterocycles. The Balaban J connectivity index is 1.07. The highest BCUT2D eigenvalue weighted by molar-refractivity contribution is 6.10. The summed E-state index contributed by atoms with van der Waals surface area (Å²) in [5.41, 5.74) is 14.7. The van der Waals surface area contributed by atoms with E-state index in [0.29, 0.717) is 0 Å². The van der Waals surface area contributed by atoms with Crippen LogP contribution in [0.15, 0.2) is 188 Å². The van der Waals surface area contributed by atoms with Gasteiger partial charge in [-0.2, -0.15) is 0 Å². The van der Waals surface area contributed by atoms with Gasteiger partial charge < -0.3 is 4.57 Å². The van der Waals surface area contributed by atoms with Crippen molar-refractivity contribution in [1.29, 1.82) is 0 Å². The lowest BCUT2D eigenvalue weighted by atomic mass is 9.92. The summed E-state index contributed by atoms with van der Waals surface area (Å²) in [6.07, 6.45) is 3.97. The van der Waals surface area contributed by atoms with Crippen LogP contribution < -0.4 is 0 Å². The van der Waals surface area contributed by atoms with Crippen molar-refractivity contribution in [3.8, 4) is 50.2 Å². The Labute approximate surface area is 295 Å². The van der Waals surface area contributed by atoms with Crippen LogP contribution in [0.2, 0.25) is 0 Å². The summed E-state index contributed by atoms with van der Waals surface area (Å²) in [6.45, 7) is 0. The van der Waals surface area contributed by atoms with Gasteiger partial charge >= 0.3 is 0 Å². The number of hydrogen-bond donors (Lipinski definition) is 0. The van der Waals surface area contributed by atoms with Crippen LogP contribution in [0.4, 0.5) is 0 Å². The van der Waals surface area contributed by atoms with Gasteiger partial charge in [-0.05, 0) is 106 Å². The minimum absolute atomic E-state index is 0.995. The summed E-state index contributed by atoms with van der Waals surface area (Å²) in [4.78, 5) is 9.59. The van der Waals surface area contributed by atoms with Crippen LogP contribution in [0, 0.1) is 0 Å². The summed E-state index contributed by atoms with van der Waals surface area (Å²) in [5.74, 6) is 0. The van der Waals surface area contributed by atoms with Gasteiger partial charge in [0, 0.05) is 50.8 Å². The molecule has 0 spiro atoms. The first-order valence-electron chi connectivity index (χ1n) is 17.3. The van der Waals surface area contributed by atoms with Gasteiger partial charge in [-0.1, -0.05) is 103 Å². The van der Waals surface area contributed by atoms with E-state index in [1.54, 1.807) is 0 Å². The Morgan fingerprint density at radius 2 is 0.804 bits per heavy atom. The van der Waals surface area contributed by atoms with Gasteiger partial charge in [0.25, 0.3) is 0 Å². The molecular weight excluding hydrogens is 619 g/mol. The summed E-state index contributed by atoms with van der Waals surface area (Å²) in [5, 5.41) is 4.76. The van der Waals surface area contributed by atoms with Crippen molar-refractivity contribution in [1.82, 2.24) is 14.5 Å². The molecular formula is C48H31N3. The second-order valence-corrected chi connectivity index (χ2v) is 13.1. The van der Waals surface area contributed by atoms with Crippen molar-refractivity contribution < 1.29 is 0 Å². The van der Waals surface area contributed by atoms with Crippen LogP contribution in [-0.4, -0.2) is 14.5 Å². The summed E-state index contributed by atoms with van der Waals surface area (Å²) >= 11 is 0. The van der Waals surface area contributed by atoms with E-state index in [-0.39, 0.29) is 0 Å².